The van der Waals surface area contributed by atoms with E-state index in [2.05, 4.69) is 6.92 Å². The first-order chi connectivity index (χ1) is 16.4. The minimum absolute atomic E-state index is 0.164. The van der Waals surface area contributed by atoms with Crippen molar-refractivity contribution in [3.8, 4) is 0 Å². The van der Waals surface area contributed by atoms with Gasteiger partial charge < -0.3 is 10.6 Å². The molecule has 34 heavy (non-hydrogen) atoms. The Labute approximate surface area is 208 Å². The van der Waals surface area contributed by atoms with Gasteiger partial charge in [0.2, 0.25) is 5.91 Å². The molecule has 0 aliphatic carbocycles. The molecule has 0 atom stereocenters. The van der Waals surface area contributed by atoms with Gasteiger partial charge in [0, 0.05) is 31.7 Å². The zero-order chi connectivity index (χ0) is 24.2. The van der Waals surface area contributed by atoms with E-state index < -0.39 is 0 Å². The van der Waals surface area contributed by atoms with Crippen LogP contribution in [-0.2, 0) is 9.59 Å². The molecule has 0 saturated carbocycles. The number of nitrogens with zero attached hydrogens (tertiary/aromatic N) is 4. The van der Waals surface area contributed by atoms with Crippen molar-refractivity contribution < 1.29 is 9.59 Å². The summed E-state index contributed by atoms with van der Waals surface area (Å²) in [6.07, 6.45) is 8.70. The van der Waals surface area contributed by atoms with Gasteiger partial charge in [-0.2, -0.15) is 0 Å². The van der Waals surface area contributed by atoms with E-state index in [4.69, 9.17) is 22.9 Å². The van der Waals surface area contributed by atoms with Gasteiger partial charge in [0.25, 0.3) is 11.5 Å². The second-order valence-electron chi connectivity index (χ2n) is 8.64. The lowest BCUT2D eigenvalue weighted by atomic mass is 9.96. The summed E-state index contributed by atoms with van der Waals surface area (Å²) in [5.41, 5.74) is 6.13. The fourth-order valence-corrected chi connectivity index (χ4v) is 5.65. The van der Waals surface area contributed by atoms with Gasteiger partial charge in [-0.25, -0.2) is 4.98 Å². The number of amides is 2. The number of fused-ring (bicyclic) bond motifs is 1. The Balaban J connectivity index is 1.68. The molecule has 0 spiro atoms. The topological polar surface area (TPSA) is 101 Å². The van der Waals surface area contributed by atoms with Crippen molar-refractivity contribution in [2.75, 3.05) is 24.5 Å². The number of piperidine rings is 1. The van der Waals surface area contributed by atoms with Crippen molar-refractivity contribution >= 4 is 57.7 Å². The third-order valence-corrected chi connectivity index (χ3v) is 7.71. The lowest BCUT2D eigenvalue weighted by molar-refractivity contribution is -0.123. The van der Waals surface area contributed by atoms with Gasteiger partial charge in [-0.15, -0.1) is 0 Å². The number of aromatic nitrogens is 2. The van der Waals surface area contributed by atoms with E-state index in [-0.39, 0.29) is 23.3 Å². The second-order valence-corrected chi connectivity index (χ2v) is 10.3. The zero-order valence-corrected chi connectivity index (χ0v) is 20.9. The first-order valence-corrected chi connectivity index (χ1v) is 12.9. The van der Waals surface area contributed by atoms with Crippen LogP contribution in [0.3, 0.4) is 0 Å². The highest BCUT2D eigenvalue weighted by atomic mass is 32.2. The number of carbonyl (C=O) groups is 2. The summed E-state index contributed by atoms with van der Waals surface area (Å²) >= 11 is 6.70. The van der Waals surface area contributed by atoms with Crippen LogP contribution in [0.2, 0.25) is 0 Å². The van der Waals surface area contributed by atoms with Crippen LogP contribution in [0.1, 0.15) is 51.0 Å². The molecule has 180 valence electrons. The number of thioether (sulfide) groups is 1. The van der Waals surface area contributed by atoms with Crippen LogP contribution >= 0.6 is 24.0 Å². The van der Waals surface area contributed by atoms with E-state index in [1.807, 2.05) is 11.0 Å². The predicted octanol–water partition coefficient (Wildman–Crippen LogP) is 3.18. The Morgan fingerprint density at radius 2 is 2.00 bits per heavy atom. The highest BCUT2D eigenvalue weighted by Crippen LogP contribution is 2.34. The molecule has 2 aromatic rings. The van der Waals surface area contributed by atoms with Crippen molar-refractivity contribution in [1.82, 2.24) is 14.3 Å². The molecule has 8 nitrogen and oxygen atoms in total. The number of carbonyl (C=O) groups excluding carboxylic acids is 2. The molecule has 0 aromatic carbocycles. The molecule has 0 unspecified atom stereocenters. The number of hydrogen-bond acceptors (Lipinski definition) is 7. The normalized spacial score (nSPS) is 18.4. The molecule has 2 saturated heterocycles. The van der Waals surface area contributed by atoms with Crippen LogP contribution in [0.4, 0.5) is 5.82 Å². The van der Waals surface area contributed by atoms with Crippen molar-refractivity contribution in [1.29, 1.82) is 0 Å². The first-order valence-electron chi connectivity index (χ1n) is 11.7. The average Bonchev–Trinajstić information content (AvgIpc) is 3.10. The standard InChI is InChI=1S/C24H29N5O3S2/c1-2-3-4-6-12-29-23(32)18(34-24(29)33)15-17-21(27-13-9-16(10-14-27)20(25)30)26-19-8-5-7-11-28(19)22(17)31/h5,7-8,11,15-16H,2-4,6,9-10,12-14H2,1H3,(H2,25,30)/b18-15+. The lowest BCUT2D eigenvalue weighted by Gasteiger charge is -2.32. The number of nitrogens with two attached hydrogens (primary N) is 1. The highest BCUT2D eigenvalue weighted by molar-refractivity contribution is 8.26. The summed E-state index contributed by atoms with van der Waals surface area (Å²) in [6.45, 7) is 3.85. The molecule has 2 aliphatic rings. The summed E-state index contributed by atoms with van der Waals surface area (Å²) in [6, 6.07) is 5.38. The maximum Gasteiger partial charge on any atom is 0.267 e. The SMILES string of the molecule is CCCCCCN1C(=O)/C(=C\c2c(N3CCC(C(N)=O)CC3)nc3ccccn3c2=O)SC1=S. The largest absolute Gasteiger partial charge is 0.369 e. The van der Waals surface area contributed by atoms with Crippen molar-refractivity contribution in [2.24, 2.45) is 11.7 Å². The lowest BCUT2D eigenvalue weighted by Crippen LogP contribution is -2.40. The van der Waals surface area contributed by atoms with Gasteiger partial charge in [-0.3, -0.25) is 23.7 Å². The summed E-state index contributed by atoms with van der Waals surface area (Å²) in [5.74, 6) is -0.117. The Bertz CT molecular complexity index is 1200. The molecule has 4 heterocycles. The molecule has 2 N–H and O–H groups in total. The number of primary amides is 1. The second kappa shape index (κ2) is 10.7. The zero-order valence-electron chi connectivity index (χ0n) is 19.2. The van der Waals surface area contributed by atoms with E-state index in [0.29, 0.717) is 58.7 Å². The number of rotatable bonds is 8. The fourth-order valence-electron chi connectivity index (χ4n) is 4.35. The molecule has 10 heteroatoms. The summed E-state index contributed by atoms with van der Waals surface area (Å²) in [7, 11) is 0. The Morgan fingerprint density at radius 3 is 2.71 bits per heavy atom. The Morgan fingerprint density at radius 1 is 1.24 bits per heavy atom. The van der Waals surface area contributed by atoms with Crippen LogP contribution in [0.25, 0.3) is 11.7 Å². The van der Waals surface area contributed by atoms with E-state index >= 15 is 0 Å². The van der Waals surface area contributed by atoms with Gasteiger partial charge >= 0.3 is 0 Å². The number of hydrogen-bond donors (Lipinski definition) is 1. The van der Waals surface area contributed by atoms with E-state index in [1.165, 1.54) is 16.2 Å². The number of anilines is 1. The van der Waals surface area contributed by atoms with Gasteiger partial charge in [0.15, 0.2) is 0 Å². The molecular formula is C24H29N5O3S2. The molecular weight excluding hydrogens is 470 g/mol. The minimum atomic E-state index is -0.297. The minimum Gasteiger partial charge on any atom is -0.369 e. The summed E-state index contributed by atoms with van der Waals surface area (Å²) in [5, 5.41) is 0. The van der Waals surface area contributed by atoms with Crippen molar-refractivity contribution in [3.05, 3.63) is 45.2 Å². The smallest absolute Gasteiger partial charge is 0.267 e. The molecule has 2 aromatic heterocycles. The summed E-state index contributed by atoms with van der Waals surface area (Å²) in [4.78, 5) is 47.0. The van der Waals surface area contributed by atoms with Crippen LogP contribution in [0, 0.1) is 5.92 Å². The number of thiocarbonyl (C=S) groups is 1. The quantitative estimate of drug-likeness (QED) is 0.338. The fraction of sp³-hybridized carbons (Fsp3) is 0.458. The highest BCUT2D eigenvalue weighted by Gasteiger charge is 2.33. The van der Waals surface area contributed by atoms with Crippen molar-refractivity contribution in [3.63, 3.8) is 0 Å². The maximum absolute atomic E-state index is 13.5. The molecule has 2 amide bonds. The average molecular weight is 500 g/mol. The summed E-state index contributed by atoms with van der Waals surface area (Å²) < 4.78 is 2.00. The molecule has 0 bridgehead atoms. The Hall–Kier alpha value is -2.72. The Kier molecular flexibility index (Phi) is 7.67. The monoisotopic (exact) mass is 499 g/mol. The number of pyridine rings is 1. The van der Waals surface area contributed by atoms with Gasteiger partial charge in [-0.05, 0) is 37.5 Å². The van der Waals surface area contributed by atoms with Crippen LogP contribution in [0.5, 0.6) is 0 Å². The molecule has 2 aliphatic heterocycles. The third kappa shape index (κ3) is 5.02. The van der Waals surface area contributed by atoms with E-state index in [1.54, 1.807) is 29.3 Å². The number of unbranched alkanes of at least 4 members (excludes halogenated alkanes) is 3. The third-order valence-electron chi connectivity index (χ3n) is 6.33. The van der Waals surface area contributed by atoms with Crippen LogP contribution in [-0.4, -0.2) is 50.1 Å². The van der Waals surface area contributed by atoms with Crippen molar-refractivity contribution in [2.45, 2.75) is 45.4 Å². The first kappa shape index (κ1) is 24.4. The van der Waals surface area contributed by atoms with Crippen LogP contribution < -0.4 is 16.2 Å². The van der Waals surface area contributed by atoms with Crippen LogP contribution in [0.15, 0.2) is 34.1 Å². The maximum atomic E-state index is 13.5. The molecule has 4 rings (SSSR count). The van der Waals surface area contributed by atoms with Gasteiger partial charge in [-0.1, -0.05) is 56.2 Å². The van der Waals surface area contributed by atoms with Gasteiger partial charge in [0.05, 0.1) is 10.5 Å². The van der Waals surface area contributed by atoms with E-state index in [9.17, 15) is 14.4 Å². The van der Waals surface area contributed by atoms with E-state index in [0.717, 1.165) is 25.7 Å². The van der Waals surface area contributed by atoms with Gasteiger partial charge in [0.1, 0.15) is 15.8 Å². The molecule has 2 fully saturated rings. The predicted molar refractivity (Wildman–Crippen MR) is 140 cm³/mol. The molecule has 0 radical (unpaired) electrons.